The highest BCUT2D eigenvalue weighted by Crippen LogP contribution is 2.32. The summed E-state index contributed by atoms with van der Waals surface area (Å²) in [5, 5.41) is 3.07. The molecule has 2 aromatic rings. The Labute approximate surface area is 191 Å². The summed E-state index contributed by atoms with van der Waals surface area (Å²) in [6.45, 7) is 4.84. The van der Waals surface area contributed by atoms with Gasteiger partial charge in [-0.2, -0.15) is 13.2 Å². The third-order valence-corrected chi connectivity index (χ3v) is 6.36. The first-order chi connectivity index (χ1) is 15.5. The van der Waals surface area contributed by atoms with Gasteiger partial charge in [-0.3, -0.25) is 9.69 Å². The number of piperidine rings is 1. The van der Waals surface area contributed by atoms with Crippen LogP contribution in [0.1, 0.15) is 66.2 Å². The first kappa shape index (κ1) is 24.8. The number of benzene rings is 2. The van der Waals surface area contributed by atoms with Gasteiger partial charge in [0.05, 0.1) is 29.8 Å². The minimum Gasteiger partial charge on any atom is -0.465 e. The van der Waals surface area contributed by atoms with Crippen molar-refractivity contribution in [3.63, 3.8) is 0 Å². The second-order valence-corrected chi connectivity index (χ2v) is 8.66. The maximum Gasteiger partial charge on any atom is 0.416 e. The van der Waals surface area contributed by atoms with Crippen LogP contribution in [0.3, 0.4) is 0 Å². The van der Waals surface area contributed by atoms with Crippen molar-refractivity contribution in [3.8, 4) is 0 Å². The van der Waals surface area contributed by atoms with E-state index in [1.54, 1.807) is 24.3 Å². The van der Waals surface area contributed by atoms with Gasteiger partial charge in [0, 0.05) is 6.54 Å². The number of alkyl halides is 3. The highest BCUT2D eigenvalue weighted by molar-refractivity contribution is 5.89. The van der Waals surface area contributed by atoms with Crippen LogP contribution in [0.15, 0.2) is 48.5 Å². The normalized spacial score (nSPS) is 20.2. The summed E-state index contributed by atoms with van der Waals surface area (Å²) in [7, 11) is 1.32. The molecule has 1 N–H and O–H groups in total. The molecule has 8 heteroatoms. The SMILES string of the molecule is COC(=O)c1ccc([C@H](C)NC(=O)[C@@]2(C)CCCCN2Cc2ccc(C(F)(F)F)cc2)cc1. The van der Waals surface area contributed by atoms with Crippen LogP contribution in [0.5, 0.6) is 0 Å². The van der Waals surface area contributed by atoms with Crippen LogP contribution in [0, 0.1) is 0 Å². The van der Waals surface area contributed by atoms with Crippen molar-refractivity contribution in [1.82, 2.24) is 10.2 Å². The number of ether oxygens (including phenoxy) is 1. The second-order valence-electron chi connectivity index (χ2n) is 8.66. The molecular formula is C25H29F3N2O3. The van der Waals surface area contributed by atoms with Gasteiger partial charge < -0.3 is 10.1 Å². The van der Waals surface area contributed by atoms with Crippen molar-refractivity contribution in [2.45, 2.75) is 57.4 Å². The molecule has 0 spiro atoms. The number of hydrogen-bond donors (Lipinski definition) is 1. The number of rotatable bonds is 6. The number of likely N-dealkylation sites (tertiary alicyclic amines) is 1. The van der Waals surface area contributed by atoms with Crippen LogP contribution in [0.25, 0.3) is 0 Å². The van der Waals surface area contributed by atoms with E-state index in [0.717, 1.165) is 36.1 Å². The molecule has 1 aliphatic heterocycles. The number of nitrogens with zero attached hydrogens (tertiary/aromatic N) is 1. The number of carbonyl (C=O) groups excluding carboxylic acids is 2. The lowest BCUT2D eigenvalue weighted by Crippen LogP contribution is -2.58. The molecule has 1 amide bonds. The van der Waals surface area contributed by atoms with E-state index in [1.165, 1.54) is 19.2 Å². The molecule has 0 bridgehead atoms. The highest BCUT2D eigenvalue weighted by atomic mass is 19.4. The zero-order valence-corrected chi connectivity index (χ0v) is 19.0. The number of methoxy groups -OCH3 is 1. The van der Waals surface area contributed by atoms with Crippen molar-refractivity contribution in [2.24, 2.45) is 0 Å². The molecule has 3 rings (SSSR count). The van der Waals surface area contributed by atoms with Gasteiger partial charge in [-0.25, -0.2) is 4.79 Å². The molecule has 0 radical (unpaired) electrons. The number of halogens is 3. The fourth-order valence-electron chi connectivity index (χ4n) is 4.17. The van der Waals surface area contributed by atoms with E-state index in [4.69, 9.17) is 4.74 Å². The summed E-state index contributed by atoms with van der Waals surface area (Å²) in [5.41, 5.74) is 0.556. The first-order valence-corrected chi connectivity index (χ1v) is 10.9. The van der Waals surface area contributed by atoms with Crippen molar-refractivity contribution < 1.29 is 27.5 Å². The Kier molecular flexibility index (Phi) is 7.47. The molecule has 0 unspecified atom stereocenters. The van der Waals surface area contributed by atoms with E-state index in [-0.39, 0.29) is 11.9 Å². The quantitative estimate of drug-likeness (QED) is 0.606. The molecule has 0 aromatic heterocycles. The fourth-order valence-corrected chi connectivity index (χ4v) is 4.17. The third kappa shape index (κ3) is 5.74. The van der Waals surface area contributed by atoms with Gasteiger partial charge in [-0.05, 0) is 75.0 Å². The monoisotopic (exact) mass is 462 g/mol. The summed E-state index contributed by atoms with van der Waals surface area (Å²) in [6, 6.07) is 11.7. The standard InChI is InChI=1S/C25H29F3N2O3/c1-17(19-8-10-20(11-9-19)22(31)33-3)29-23(32)24(2)14-4-5-15-30(24)16-18-6-12-21(13-7-18)25(26,27)28/h6-13,17H,4-5,14-16H2,1-3H3,(H,29,32)/t17-,24+/m0/s1. The van der Waals surface area contributed by atoms with Crippen LogP contribution < -0.4 is 5.32 Å². The lowest BCUT2D eigenvalue weighted by atomic mass is 9.86. The smallest absolute Gasteiger partial charge is 0.416 e. The van der Waals surface area contributed by atoms with Crippen LogP contribution in [0.4, 0.5) is 13.2 Å². The summed E-state index contributed by atoms with van der Waals surface area (Å²) < 4.78 is 43.3. The lowest BCUT2D eigenvalue weighted by Gasteiger charge is -2.44. The van der Waals surface area contributed by atoms with E-state index in [1.807, 2.05) is 18.7 Å². The Morgan fingerprint density at radius 2 is 1.73 bits per heavy atom. The number of nitrogens with one attached hydrogen (secondary N) is 1. The van der Waals surface area contributed by atoms with Crippen molar-refractivity contribution in [2.75, 3.05) is 13.7 Å². The molecule has 1 aliphatic rings. The molecule has 1 fully saturated rings. The molecule has 2 aromatic carbocycles. The Bertz CT molecular complexity index is 974. The Morgan fingerprint density at radius 3 is 2.30 bits per heavy atom. The van der Waals surface area contributed by atoms with Crippen LogP contribution >= 0.6 is 0 Å². The van der Waals surface area contributed by atoms with E-state index in [9.17, 15) is 22.8 Å². The molecular weight excluding hydrogens is 433 g/mol. The van der Waals surface area contributed by atoms with Crippen molar-refractivity contribution in [3.05, 3.63) is 70.8 Å². The predicted octanol–water partition coefficient (Wildman–Crippen LogP) is 5.11. The van der Waals surface area contributed by atoms with Gasteiger partial charge in [0.2, 0.25) is 5.91 Å². The van der Waals surface area contributed by atoms with Crippen LogP contribution in [-0.4, -0.2) is 36.0 Å². The highest BCUT2D eigenvalue weighted by Gasteiger charge is 2.41. The number of hydrogen-bond acceptors (Lipinski definition) is 4. The molecule has 1 saturated heterocycles. The Morgan fingerprint density at radius 1 is 1.09 bits per heavy atom. The van der Waals surface area contributed by atoms with Gasteiger partial charge in [0.15, 0.2) is 0 Å². The molecule has 178 valence electrons. The minimum absolute atomic E-state index is 0.126. The van der Waals surface area contributed by atoms with Gasteiger partial charge in [0.1, 0.15) is 0 Å². The van der Waals surface area contributed by atoms with E-state index in [2.05, 4.69) is 5.32 Å². The minimum atomic E-state index is -4.37. The first-order valence-electron chi connectivity index (χ1n) is 10.9. The predicted molar refractivity (Wildman–Crippen MR) is 118 cm³/mol. The van der Waals surface area contributed by atoms with Gasteiger partial charge in [-0.15, -0.1) is 0 Å². The zero-order valence-electron chi connectivity index (χ0n) is 19.0. The van der Waals surface area contributed by atoms with E-state index in [0.29, 0.717) is 25.1 Å². The topological polar surface area (TPSA) is 58.6 Å². The largest absolute Gasteiger partial charge is 0.465 e. The van der Waals surface area contributed by atoms with Gasteiger partial charge in [0.25, 0.3) is 0 Å². The average Bonchev–Trinajstić information content (AvgIpc) is 2.80. The maximum absolute atomic E-state index is 13.3. The number of esters is 1. The number of amides is 1. The van der Waals surface area contributed by atoms with Crippen LogP contribution in [-0.2, 0) is 22.3 Å². The molecule has 5 nitrogen and oxygen atoms in total. The lowest BCUT2D eigenvalue weighted by molar-refractivity contribution is -0.137. The van der Waals surface area contributed by atoms with Crippen molar-refractivity contribution in [1.29, 1.82) is 0 Å². The Hall–Kier alpha value is -2.87. The van der Waals surface area contributed by atoms with Gasteiger partial charge >= 0.3 is 12.1 Å². The third-order valence-electron chi connectivity index (χ3n) is 6.36. The fraction of sp³-hybridized carbons (Fsp3) is 0.440. The van der Waals surface area contributed by atoms with E-state index >= 15 is 0 Å². The second kappa shape index (κ2) is 9.95. The van der Waals surface area contributed by atoms with Crippen molar-refractivity contribution >= 4 is 11.9 Å². The average molecular weight is 463 g/mol. The summed E-state index contributed by atoms with van der Waals surface area (Å²) in [6.07, 6.45) is -1.89. The summed E-state index contributed by atoms with van der Waals surface area (Å²) >= 11 is 0. The molecule has 2 atom stereocenters. The zero-order chi connectivity index (χ0) is 24.2. The maximum atomic E-state index is 13.3. The van der Waals surface area contributed by atoms with E-state index < -0.39 is 23.2 Å². The molecule has 1 heterocycles. The van der Waals surface area contributed by atoms with Crippen LogP contribution in [0.2, 0.25) is 0 Å². The summed E-state index contributed by atoms with van der Waals surface area (Å²) in [5.74, 6) is -0.550. The molecule has 0 aliphatic carbocycles. The number of carbonyl (C=O) groups is 2. The molecule has 33 heavy (non-hydrogen) atoms. The molecule has 0 saturated carbocycles. The van der Waals surface area contributed by atoms with Gasteiger partial charge in [-0.1, -0.05) is 24.3 Å². The summed E-state index contributed by atoms with van der Waals surface area (Å²) in [4.78, 5) is 27.0. The Balaban J connectivity index is 1.71.